The Hall–Kier alpha value is -3.42. The van der Waals surface area contributed by atoms with Crippen LogP contribution < -0.4 is 0 Å². The van der Waals surface area contributed by atoms with E-state index in [1.165, 1.54) is 43.4 Å². The van der Waals surface area contributed by atoms with E-state index in [2.05, 4.69) is 4.90 Å². The molecule has 0 aromatic carbocycles. The molecule has 3 N–H and O–H groups in total. The summed E-state index contributed by atoms with van der Waals surface area (Å²) in [4.78, 5) is 55.5. The summed E-state index contributed by atoms with van der Waals surface area (Å²) in [6.45, 7) is 10.5. The van der Waals surface area contributed by atoms with Crippen LogP contribution in [0.4, 0.5) is 9.59 Å². The van der Waals surface area contributed by atoms with Crippen LogP contribution in [0.2, 0.25) is 0 Å². The van der Waals surface area contributed by atoms with Gasteiger partial charge in [0.25, 0.3) is 0 Å². The fourth-order valence-electron chi connectivity index (χ4n) is 7.50. The number of carboxylic acids is 1. The minimum atomic E-state index is -1.49. The summed E-state index contributed by atoms with van der Waals surface area (Å²) >= 11 is 0. The molecule has 3 aliphatic heterocycles. The van der Waals surface area contributed by atoms with Crippen molar-refractivity contribution in [2.45, 2.75) is 122 Å². The summed E-state index contributed by atoms with van der Waals surface area (Å²) in [5.74, 6) is -2.57. The van der Waals surface area contributed by atoms with Crippen LogP contribution in [-0.4, -0.2) is 130 Å². The number of allylic oxidation sites excluding steroid dienone is 2. The molecule has 52 heavy (non-hydrogen) atoms. The average Bonchev–Trinajstić information content (AvgIpc) is 3.46. The number of aliphatic hydroxyl groups excluding tert-OH is 1. The molecule has 0 radical (unpaired) electrons. The molecule has 0 aromatic rings. The fraction of sp³-hybridized carbons (Fsp3) is 0.744. The molecule has 0 bridgehead atoms. The second-order valence-corrected chi connectivity index (χ2v) is 15.5. The largest absolute Gasteiger partial charge is 0.481 e. The summed E-state index contributed by atoms with van der Waals surface area (Å²) in [5.41, 5.74) is -0.769. The number of carbonyl (C=O) groups is 4. The van der Waals surface area contributed by atoms with E-state index in [1.54, 1.807) is 30.1 Å². The second kappa shape index (κ2) is 19.6. The number of likely N-dealkylation sites (tertiary alicyclic amines) is 1. The van der Waals surface area contributed by atoms with Gasteiger partial charge in [0.1, 0.15) is 11.7 Å². The van der Waals surface area contributed by atoms with Gasteiger partial charge in [-0.25, -0.2) is 9.59 Å². The van der Waals surface area contributed by atoms with Crippen molar-refractivity contribution < 1.29 is 48.7 Å². The van der Waals surface area contributed by atoms with Crippen LogP contribution in [-0.2, 0) is 23.8 Å². The maximum atomic E-state index is 13.4. The second-order valence-electron chi connectivity index (χ2n) is 15.5. The number of aliphatic carboxylic acids is 1. The van der Waals surface area contributed by atoms with Crippen molar-refractivity contribution in [2.24, 2.45) is 17.8 Å². The predicted octanol–water partition coefficient (Wildman–Crippen LogP) is 4.91. The molecule has 3 heterocycles. The van der Waals surface area contributed by atoms with E-state index in [1.807, 2.05) is 32.9 Å². The van der Waals surface area contributed by atoms with E-state index in [4.69, 9.17) is 14.2 Å². The van der Waals surface area contributed by atoms with Crippen molar-refractivity contribution in [1.29, 1.82) is 0 Å². The molecule has 4 aliphatic rings. The van der Waals surface area contributed by atoms with Crippen molar-refractivity contribution in [3.63, 3.8) is 0 Å². The Morgan fingerprint density at radius 1 is 1.00 bits per heavy atom. The van der Waals surface area contributed by atoms with Gasteiger partial charge < -0.3 is 39.3 Å². The number of esters is 1. The normalized spacial score (nSPS) is 31.9. The Labute approximate surface area is 308 Å². The number of cyclic esters (lactones) is 1. The third kappa shape index (κ3) is 12.3. The number of hydrogen-bond acceptors (Lipinski definition) is 10. The van der Waals surface area contributed by atoms with Crippen LogP contribution >= 0.6 is 0 Å². The Bertz CT molecular complexity index is 1300. The smallest absolute Gasteiger partial charge is 0.410 e. The first-order valence-electron chi connectivity index (χ1n) is 19.2. The Balaban J connectivity index is 1.38. The standard InChI is InChI=1S/C39H61N3O10/c1-27(26-50-37(47)42-19-17-30(25-42)36(45)46)10-9-11-28(2)35-29(3)14-15-33(39(4,49)18-16-32(43)24-34(44)52-35)51-38(48)41-22-20-40(21-23-41)31-12-7-5-6-8-13-31/h9-11,14-15,27,29-33,35,43,49H,5-8,12-13,16-26H2,1-4H3,(H,45,46)/b10-9+,15-14+,28-11+/t27-,29+,30-,32-,33+,35-,39-/m1/s1. The highest BCUT2D eigenvalue weighted by Gasteiger charge is 2.37. The highest BCUT2D eigenvalue weighted by Crippen LogP contribution is 2.28. The third-order valence-electron chi connectivity index (χ3n) is 11.0. The van der Waals surface area contributed by atoms with Gasteiger partial charge in [0.05, 0.1) is 25.0 Å². The van der Waals surface area contributed by atoms with E-state index < -0.39 is 54.0 Å². The molecule has 2 amide bonds. The molecular formula is C39H61N3O10. The number of hydrogen-bond donors (Lipinski definition) is 3. The number of carbonyl (C=O) groups excluding carboxylic acids is 3. The zero-order chi connectivity index (χ0) is 37.8. The highest BCUT2D eigenvalue weighted by atomic mass is 16.6. The first-order chi connectivity index (χ1) is 24.7. The van der Waals surface area contributed by atoms with Crippen LogP contribution in [0.15, 0.2) is 36.0 Å². The van der Waals surface area contributed by atoms with Gasteiger partial charge in [-0.05, 0) is 57.6 Å². The van der Waals surface area contributed by atoms with Gasteiger partial charge in [-0.15, -0.1) is 0 Å². The van der Waals surface area contributed by atoms with Gasteiger partial charge in [0, 0.05) is 57.1 Å². The van der Waals surface area contributed by atoms with Crippen LogP contribution in [0.25, 0.3) is 0 Å². The maximum Gasteiger partial charge on any atom is 0.410 e. The van der Waals surface area contributed by atoms with Crippen LogP contribution in [0.5, 0.6) is 0 Å². The van der Waals surface area contributed by atoms with Crippen molar-refractivity contribution in [2.75, 3.05) is 45.9 Å². The number of ether oxygens (including phenoxy) is 3. The Morgan fingerprint density at radius 3 is 2.35 bits per heavy atom. The summed E-state index contributed by atoms with van der Waals surface area (Å²) in [5, 5.41) is 31.4. The third-order valence-corrected chi connectivity index (χ3v) is 11.0. The van der Waals surface area contributed by atoms with Gasteiger partial charge in [-0.3, -0.25) is 14.5 Å². The molecule has 1 aliphatic carbocycles. The molecule has 1 saturated carbocycles. The SMILES string of the molecule is C/C(=C\C=C\[C@@H](C)COC(=O)N1CC[C@@H](C(=O)O)C1)[C@H]1OC(=O)C[C@H](O)CC[C@@](C)(O)[C@@H](OC(=O)N2CCN(C3CCCCCC3)CC2)/C=C/[C@@H]1C. The number of aliphatic hydroxyl groups is 2. The Morgan fingerprint density at radius 2 is 1.69 bits per heavy atom. The highest BCUT2D eigenvalue weighted by molar-refractivity contribution is 5.74. The van der Waals surface area contributed by atoms with E-state index >= 15 is 0 Å². The summed E-state index contributed by atoms with van der Waals surface area (Å²) in [6.07, 6.45) is 13.1. The lowest BCUT2D eigenvalue weighted by molar-refractivity contribution is -0.151. The molecule has 0 spiro atoms. The first-order valence-corrected chi connectivity index (χ1v) is 19.2. The van der Waals surface area contributed by atoms with Crippen molar-refractivity contribution in [1.82, 2.24) is 14.7 Å². The van der Waals surface area contributed by atoms with Gasteiger partial charge in [-0.2, -0.15) is 0 Å². The summed E-state index contributed by atoms with van der Waals surface area (Å²) in [7, 11) is 0. The Kier molecular flexibility index (Phi) is 15.6. The predicted molar refractivity (Wildman–Crippen MR) is 194 cm³/mol. The number of carboxylic acid groups (broad SMARTS) is 1. The number of piperazine rings is 1. The topological polar surface area (TPSA) is 166 Å². The van der Waals surface area contributed by atoms with E-state index in [9.17, 15) is 34.5 Å². The van der Waals surface area contributed by atoms with Gasteiger partial charge in [0.15, 0.2) is 6.10 Å². The van der Waals surface area contributed by atoms with Crippen LogP contribution in [0, 0.1) is 17.8 Å². The zero-order valence-corrected chi connectivity index (χ0v) is 31.5. The molecule has 3 fully saturated rings. The van der Waals surface area contributed by atoms with E-state index in [-0.39, 0.29) is 44.2 Å². The number of amides is 2. The van der Waals surface area contributed by atoms with Crippen LogP contribution in [0.3, 0.4) is 0 Å². The molecule has 2 saturated heterocycles. The zero-order valence-electron chi connectivity index (χ0n) is 31.5. The van der Waals surface area contributed by atoms with Crippen molar-refractivity contribution in [3.05, 3.63) is 36.0 Å². The molecule has 4 rings (SSSR count). The van der Waals surface area contributed by atoms with E-state index in [0.717, 1.165) is 18.7 Å². The lowest BCUT2D eigenvalue weighted by Gasteiger charge is -2.40. The van der Waals surface area contributed by atoms with E-state index in [0.29, 0.717) is 32.1 Å². The molecule has 13 nitrogen and oxygen atoms in total. The monoisotopic (exact) mass is 731 g/mol. The van der Waals surface area contributed by atoms with Gasteiger partial charge >= 0.3 is 24.1 Å². The van der Waals surface area contributed by atoms with Crippen molar-refractivity contribution >= 4 is 24.1 Å². The lowest BCUT2D eigenvalue weighted by atomic mass is 9.89. The average molecular weight is 732 g/mol. The molecular weight excluding hydrogens is 670 g/mol. The van der Waals surface area contributed by atoms with Crippen LogP contribution in [0.1, 0.15) is 91.9 Å². The first kappa shape index (κ1) is 41.3. The lowest BCUT2D eigenvalue weighted by Crippen LogP contribution is -2.53. The fourth-order valence-corrected chi connectivity index (χ4v) is 7.50. The van der Waals surface area contributed by atoms with Crippen molar-refractivity contribution in [3.8, 4) is 0 Å². The summed E-state index contributed by atoms with van der Waals surface area (Å²) < 4.78 is 17.2. The van der Waals surface area contributed by atoms with Gasteiger partial charge in [-0.1, -0.05) is 63.8 Å². The summed E-state index contributed by atoms with van der Waals surface area (Å²) in [6, 6.07) is 0.572. The molecule has 0 aromatic heterocycles. The number of rotatable bonds is 8. The quantitative estimate of drug-likeness (QED) is 0.102. The minimum Gasteiger partial charge on any atom is -0.481 e. The molecule has 7 atom stereocenters. The van der Waals surface area contributed by atoms with Gasteiger partial charge in [0.2, 0.25) is 0 Å². The molecule has 13 heteroatoms. The maximum absolute atomic E-state index is 13.4. The molecule has 0 unspecified atom stereocenters. The minimum absolute atomic E-state index is 0.106. The number of nitrogens with zero attached hydrogens (tertiary/aromatic N) is 3. The molecule has 292 valence electrons.